The van der Waals surface area contributed by atoms with E-state index in [0.29, 0.717) is 28.7 Å². The highest BCUT2D eigenvalue weighted by atomic mass is 32.1. The molecule has 0 aliphatic carbocycles. The van der Waals surface area contributed by atoms with Crippen LogP contribution in [-0.4, -0.2) is 39.2 Å². The maximum absolute atomic E-state index is 11.7. The number of carbonyl (C=O) groups is 1. The predicted octanol–water partition coefficient (Wildman–Crippen LogP) is 5.51. The van der Waals surface area contributed by atoms with Crippen LogP contribution in [0.5, 0.6) is 0 Å². The van der Waals surface area contributed by atoms with Crippen LogP contribution in [0, 0.1) is 0 Å². The zero-order chi connectivity index (χ0) is 24.9. The Bertz CT molecular complexity index is 1340. The number of hydrogen-bond donors (Lipinski definition) is 3. The second-order valence-electron chi connectivity index (χ2n) is 8.52. The van der Waals surface area contributed by atoms with E-state index in [1.165, 1.54) is 0 Å². The molecule has 0 radical (unpaired) electrons. The zero-order valence-electron chi connectivity index (χ0n) is 19.5. The molecule has 1 aliphatic rings. The lowest BCUT2D eigenvalue weighted by Crippen LogP contribution is -2.31. The summed E-state index contributed by atoms with van der Waals surface area (Å²) >= 11 is 5.74. The Labute approximate surface area is 214 Å². The molecule has 182 valence electrons. The second-order valence-corrected chi connectivity index (χ2v) is 8.91. The molecule has 2 atom stereocenters. The van der Waals surface area contributed by atoms with Gasteiger partial charge in [0.15, 0.2) is 5.11 Å². The second kappa shape index (κ2) is 10.6. The van der Waals surface area contributed by atoms with E-state index in [2.05, 4.69) is 20.5 Å². The first-order valence-corrected chi connectivity index (χ1v) is 12.2. The van der Waals surface area contributed by atoms with Crippen molar-refractivity contribution in [2.24, 2.45) is 0 Å². The number of pyridine rings is 1. The van der Waals surface area contributed by atoms with Gasteiger partial charge in [-0.25, -0.2) is 4.79 Å². The first kappa shape index (κ1) is 23.6. The first-order valence-electron chi connectivity index (χ1n) is 11.8. The van der Waals surface area contributed by atoms with Gasteiger partial charge in [0, 0.05) is 30.5 Å². The minimum atomic E-state index is -0.994. The van der Waals surface area contributed by atoms with Crippen molar-refractivity contribution in [1.29, 1.82) is 0 Å². The summed E-state index contributed by atoms with van der Waals surface area (Å²) in [6, 6.07) is 26.0. The summed E-state index contributed by atoms with van der Waals surface area (Å²) in [5, 5.41) is 17.1. The maximum atomic E-state index is 11.7. The van der Waals surface area contributed by atoms with Crippen LogP contribution in [0.2, 0.25) is 0 Å². The van der Waals surface area contributed by atoms with Gasteiger partial charge in [0.25, 0.3) is 0 Å². The van der Waals surface area contributed by atoms with Crippen LogP contribution in [0.3, 0.4) is 0 Å². The lowest BCUT2D eigenvalue weighted by atomic mass is 10.0. The van der Waals surface area contributed by atoms with Gasteiger partial charge in [0.1, 0.15) is 17.6 Å². The third-order valence-electron chi connectivity index (χ3n) is 6.22. The van der Waals surface area contributed by atoms with Gasteiger partial charge < -0.3 is 25.1 Å². The largest absolute Gasteiger partial charge is 0.478 e. The molecule has 5 rings (SSSR count). The van der Waals surface area contributed by atoms with Crippen molar-refractivity contribution in [2.45, 2.75) is 18.5 Å². The molecule has 36 heavy (non-hydrogen) atoms. The number of hydrogen-bond acceptors (Lipinski definition) is 5. The van der Waals surface area contributed by atoms with Crippen molar-refractivity contribution < 1.29 is 14.3 Å². The Hall–Kier alpha value is -4.17. The Morgan fingerprint density at radius 1 is 1.03 bits per heavy atom. The third kappa shape index (κ3) is 4.94. The standard InChI is InChI=1S/C28H26N4O3S/c33-27(34)21-12-5-4-11-20(21)23-14-15-24(35-23)26-25(22-13-6-7-16-30-22)31-28(36)32(26)18-8-17-29-19-9-2-1-3-10-19/h1-7,9-16,25-26,29H,8,17-18H2,(H,31,36)(H,33,34)/t25-,26-/m0/s1. The fourth-order valence-electron chi connectivity index (χ4n) is 4.53. The highest BCUT2D eigenvalue weighted by Gasteiger charge is 2.41. The fourth-order valence-corrected chi connectivity index (χ4v) is 4.87. The number of aromatic carboxylic acids is 1. The van der Waals surface area contributed by atoms with E-state index < -0.39 is 5.97 Å². The van der Waals surface area contributed by atoms with Gasteiger partial charge in [-0.3, -0.25) is 4.98 Å². The van der Waals surface area contributed by atoms with Crippen LogP contribution in [0.4, 0.5) is 5.69 Å². The zero-order valence-corrected chi connectivity index (χ0v) is 20.3. The lowest BCUT2D eigenvalue weighted by Gasteiger charge is -2.26. The molecule has 0 spiro atoms. The lowest BCUT2D eigenvalue weighted by molar-refractivity contribution is 0.0697. The van der Waals surface area contributed by atoms with E-state index in [9.17, 15) is 9.90 Å². The van der Waals surface area contributed by atoms with Crippen LogP contribution in [0.25, 0.3) is 11.3 Å². The number of benzene rings is 2. The molecule has 7 nitrogen and oxygen atoms in total. The highest BCUT2D eigenvalue weighted by Crippen LogP contribution is 2.40. The SMILES string of the molecule is O=C(O)c1ccccc1-c1ccc([C@H]2[C@H](c3ccccn3)NC(=S)N2CCCNc2ccccc2)o1. The summed E-state index contributed by atoms with van der Waals surface area (Å²) in [6.07, 6.45) is 2.62. The number of nitrogens with zero attached hydrogens (tertiary/aromatic N) is 2. The molecular formula is C28H26N4O3S. The van der Waals surface area contributed by atoms with E-state index in [1.807, 2.05) is 60.7 Å². The molecule has 0 saturated carbocycles. The van der Waals surface area contributed by atoms with Crippen molar-refractivity contribution >= 4 is 29.0 Å². The number of anilines is 1. The van der Waals surface area contributed by atoms with E-state index >= 15 is 0 Å². The molecule has 3 N–H and O–H groups in total. The Morgan fingerprint density at radius 2 is 1.81 bits per heavy atom. The van der Waals surface area contributed by atoms with Crippen LogP contribution >= 0.6 is 12.2 Å². The van der Waals surface area contributed by atoms with Gasteiger partial charge in [0.05, 0.1) is 17.3 Å². The third-order valence-corrected chi connectivity index (χ3v) is 6.57. The van der Waals surface area contributed by atoms with E-state index in [0.717, 1.165) is 24.3 Å². The number of furan rings is 1. The van der Waals surface area contributed by atoms with Crippen LogP contribution in [-0.2, 0) is 0 Å². The average molecular weight is 499 g/mol. The molecule has 4 aromatic rings. The molecule has 2 aromatic heterocycles. The minimum absolute atomic E-state index is 0.198. The summed E-state index contributed by atoms with van der Waals surface area (Å²) in [6.45, 7) is 1.50. The van der Waals surface area contributed by atoms with Gasteiger partial charge >= 0.3 is 5.97 Å². The van der Waals surface area contributed by atoms with Crippen LogP contribution in [0.15, 0.2) is 95.5 Å². The van der Waals surface area contributed by atoms with E-state index in [4.69, 9.17) is 16.6 Å². The molecule has 0 amide bonds. The number of para-hydroxylation sites is 1. The molecule has 2 aromatic carbocycles. The molecule has 1 aliphatic heterocycles. The molecule has 1 saturated heterocycles. The number of carboxylic acids is 1. The minimum Gasteiger partial charge on any atom is -0.478 e. The van der Waals surface area contributed by atoms with Gasteiger partial charge in [-0.2, -0.15) is 0 Å². The van der Waals surface area contributed by atoms with Gasteiger partial charge in [-0.15, -0.1) is 0 Å². The van der Waals surface area contributed by atoms with Crippen molar-refractivity contribution in [3.05, 3.63) is 108 Å². The Kier molecular flexibility index (Phi) is 6.95. The highest BCUT2D eigenvalue weighted by molar-refractivity contribution is 7.80. The quantitative estimate of drug-likeness (QED) is 0.205. The molecule has 0 bridgehead atoms. The molecule has 1 fully saturated rings. The number of carboxylic acid groups (broad SMARTS) is 1. The van der Waals surface area contributed by atoms with Crippen molar-refractivity contribution in [1.82, 2.24) is 15.2 Å². The normalized spacial score (nSPS) is 17.1. The Balaban J connectivity index is 1.41. The van der Waals surface area contributed by atoms with E-state index in [1.54, 1.807) is 30.5 Å². The fraction of sp³-hybridized carbons (Fsp3) is 0.179. The summed E-state index contributed by atoms with van der Waals surface area (Å²) < 4.78 is 6.30. The molecule has 0 unspecified atom stereocenters. The van der Waals surface area contributed by atoms with Crippen molar-refractivity contribution in [2.75, 3.05) is 18.4 Å². The molecule has 3 heterocycles. The van der Waals surface area contributed by atoms with Crippen molar-refractivity contribution in [3.8, 4) is 11.3 Å². The summed E-state index contributed by atoms with van der Waals surface area (Å²) in [4.78, 5) is 18.4. The maximum Gasteiger partial charge on any atom is 0.336 e. The molecule has 8 heteroatoms. The number of nitrogens with one attached hydrogen (secondary N) is 2. The smallest absolute Gasteiger partial charge is 0.336 e. The summed E-state index contributed by atoms with van der Waals surface area (Å²) in [5.41, 5.74) is 2.68. The van der Waals surface area contributed by atoms with Crippen LogP contribution < -0.4 is 10.6 Å². The average Bonchev–Trinajstić information content (AvgIpc) is 3.52. The summed E-state index contributed by atoms with van der Waals surface area (Å²) in [7, 11) is 0. The topological polar surface area (TPSA) is 90.6 Å². The Morgan fingerprint density at radius 3 is 2.58 bits per heavy atom. The number of aromatic nitrogens is 1. The number of thiocarbonyl (C=S) groups is 1. The van der Waals surface area contributed by atoms with Crippen LogP contribution in [0.1, 0.15) is 40.3 Å². The summed E-state index contributed by atoms with van der Waals surface area (Å²) in [5.74, 6) is 0.210. The first-order chi connectivity index (χ1) is 17.6. The number of rotatable bonds is 9. The predicted molar refractivity (Wildman–Crippen MR) is 143 cm³/mol. The van der Waals surface area contributed by atoms with Gasteiger partial charge in [-0.1, -0.05) is 42.5 Å². The molecular weight excluding hydrogens is 472 g/mol. The van der Waals surface area contributed by atoms with Gasteiger partial charge in [0.2, 0.25) is 0 Å². The van der Waals surface area contributed by atoms with E-state index in [-0.39, 0.29) is 17.6 Å². The van der Waals surface area contributed by atoms with Crippen molar-refractivity contribution in [3.63, 3.8) is 0 Å². The monoisotopic (exact) mass is 498 g/mol. The van der Waals surface area contributed by atoms with Gasteiger partial charge in [-0.05, 0) is 61.1 Å².